The Hall–Kier alpha value is -3.55. The summed E-state index contributed by atoms with van der Waals surface area (Å²) in [5, 5.41) is 3.94. The van der Waals surface area contributed by atoms with Gasteiger partial charge in [-0.3, -0.25) is 4.79 Å². The molecule has 5 nitrogen and oxygen atoms in total. The number of carbonyl (C=O) groups excluding carboxylic acids is 1. The first-order valence-electron chi connectivity index (χ1n) is 9.17. The van der Waals surface area contributed by atoms with E-state index in [0.717, 1.165) is 29.2 Å². The summed E-state index contributed by atoms with van der Waals surface area (Å²) in [5.74, 6) is -0.501. The third-order valence-corrected chi connectivity index (χ3v) is 4.43. The standard InChI is InChI=1S/C22H21F3N4O/c1-28(2)18-8-10-19(11-9-18)29-12-4-7-20(29)15-26-27-21(30)14-16-5-3-6-17(13-16)22(23,24)25/h3-13,15H,14H2,1-2H3,(H,27,30)/b26-15+. The Kier molecular flexibility index (Phi) is 6.25. The van der Waals surface area contributed by atoms with E-state index < -0.39 is 17.6 Å². The fourth-order valence-corrected chi connectivity index (χ4v) is 2.90. The number of alkyl halides is 3. The van der Waals surface area contributed by atoms with Gasteiger partial charge in [0.15, 0.2) is 0 Å². The van der Waals surface area contributed by atoms with E-state index in [1.54, 1.807) is 0 Å². The molecule has 1 heterocycles. The second-order valence-electron chi connectivity index (χ2n) is 6.88. The Bertz CT molecular complexity index is 1040. The average molecular weight is 414 g/mol. The monoisotopic (exact) mass is 414 g/mol. The van der Waals surface area contributed by atoms with Crippen molar-refractivity contribution in [1.29, 1.82) is 0 Å². The number of hydrogen-bond donors (Lipinski definition) is 1. The molecule has 0 spiro atoms. The molecule has 0 aliphatic rings. The molecular weight excluding hydrogens is 393 g/mol. The Morgan fingerprint density at radius 3 is 2.50 bits per heavy atom. The molecule has 8 heteroatoms. The minimum Gasteiger partial charge on any atom is -0.378 e. The largest absolute Gasteiger partial charge is 0.416 e. The van der Waals surface area contributed by atoms with E-state index >= 15 is 0 Å². The summed E-state index contributed by atoms with van der Waals surface area (Å²) < 4.78 is 40.2. The Morgan fingerprint density at radius 2 is 1.83 bits per heavy atom. The number of nitrogens with zero attached hydrogens (tertiary/aromatic N) is 3. The predicted octanol–water partition coefficient (Wildman–Crippen LogP) is 4.25. The number of hydrazone groups is 1. The fraction of sp³-hybridized carbons (Fsp3) is 0.182. The lowest BCUT2D eigenvalue weighted by Crippen LogP contribution is -2.20. The highest BCUT2D eigenvalue weighted by Gasteiger charge is 2.30. The van der Waals surface area contributed by atoms with Crippen molar-refractivity contribution in [3.63, 3.8) is 0 Å². The average Bonchev–Trinajstić information content (AvgIpc) is 3.16. The van der Waals surface area contributed by atoms with Gasteiger partial charge in [0.2, 0.25) is 5.91 Å². The molecule has 0 saturated heterocycles. The van der Waals surface area contributed by atoms with E-state index in [-0.39, 0.29) is 12.0 Å². The van der Waals surface area contributed by atoms with Gasteiger partial charge in [-0.2, -0.15) is 18.3 Å². The van der Waals surface area contributed by atoms with E-state index in [0.29, 0.717) is 0 Å². The van der Waals surface area contributed by atoms with Gasteiger partial charge in [-0.25, -0.2) is 5.43 Å². The minimum absolute atomic E-state index is 0.200. The molecule has 0 unspecified atom stereocenters. The van der Waals surface area contributed by atoms with Crippen LogP contribution in [0.25, 0.3) is 5.69 Å². The molecule has 0 radical (unpaired) electrons. The highest BCUT2D eigenvalue weighted by molar-refractivity contribution is 5.83. The van der Waals surface area contributed by atoms with Crippen molar-refractivity contribution >= 4 is 17.8 Å². The van der Waals surface area contributed by atoms with Gasteiger partial charge in [-0.15, -0.1) is 0 Å². The highest BCUT2D eigenvalue weighted by atomic mass is 19.4. The normalized spacial score (nSPS) is 11.6. The second-order valence-corrected chi connectivity index (χ2v) is 6.88. The van der Waals surface area contributed by atoms with Crippen molar-refractivity contribution < 1.29 is 18.0 Å². The third-order valence-electron chi connectivity index (χ3n) is 4.43. The van der Waals surface area contributed by atoms with Gasteiger partial charge in [-0.1, -0.05) is 18.2 Å². The van der Waals surface area contributed by atoms with Gasteiger partial charge >= 0.3 is 6.18 Å². The summed E-state index contributed by atoms with van der Waals surface area (Å²) in [6.07, 6.45) is -1.28. The van der Waals surface area contributed by atoms with Crippen molar-refractivity contribution in [2.24, 2.45) is 5.10 Å². The van der Waals surface area contributed by atoms with E-state index in [1.165, 1.54) is 18.3 Å². The lowest BCUT2D eigenvalue weighted by atomic mass is 10.1. The SMILES string of the molecule is CN(C)c1ccc(-n2cccc2/C=N/NC(=O)Cc2cccc(C(F)(F)F)c2)cc1. The van der Waals surface area contributed by atoms with E-state index in [2.05, 4.69) is 10.5 Å². The van der Waals surface area contributed by atoms with Crippen LogP contribution in [0.15, 0.2) is 72.0 Å². The van der Waals surface area contributed by atoms with Crippen LogP contribution in [0.4, 0.5) is 18.9 Å². The maximum absolute atomic E-state index is 12.8. The predicted molar refractivity (Wildman–Crippen MR) is 111 cm³/mol. The number of halogens is 3. The van der Waals surface area contributed by atoms with Gasteiger partial charge in [0.1, 0.15) is 0 Å². The van der Waals surface area contributed by atoms with E-state index in [1.807, 2.05) is 66.2 Å². The van der Waals surface area contributed by atoms with Crippen LogP contribution in [0, 0.1) is 0 Å². The molecule has 0 fully saturated rings. The highest BCUT2D eigenvalue weighted by Crippen LogP contribution is 2.29. The number of rotatable bonds is 6. The molecule has 3 rings (SSSR count). The molecular formula is C22H21F3N4O. The van der Waals surface area contributed by atoms with Gasteiger partial charge in [0, 0.05) is 31.7 Å². The van der Waals surface area contributed by atoms with E-state index in [9.17, 15) is 18.0 Å². The molecule has 156 valence electrons. The van der Waals surface area contributed by atoms with Crippen molar-refractivity contribution in [3.05, 3.63) is 83.7 Å². The molecule has 0 aliphatic carbocycles. The zero-order chi connectivity index (χ0) is 21.7. The lowest BCUT2D eigenvalue weighted by Gasteiger charge is -2.13. The smallest absolute Gasteiger partial charge is 0.378 e. The van der Waals surface area contributed by atoms with Crippen LogP contribution in [0.3, 0.4) is 0 Å². The summed E-state index contributed by atoms with van der Waals surface area (Å²) in [5.41, 5.74) is 4.59. The molecule has 0 saturated carbocycles. The van der Waals surface area contributed by atoms with Crippen LogP contribution in [0.1, 0.15) is 16.8 Å². The molecule has 0 atom stereocenters. The first kappa shape index (κ1) is 21.2. The number of aromatic nitrogens is 1. The van der Waals surface area contributed by atoms with Crippen LogP contribution >= 0.6 is 0 Å². The molecule has 30 heavy (non-hydrogen) atoms. The van der Waals surface area contributed by atoms with Crippen molar-refractivity contribution in [2.45, 2.75) is 12.6 Å². The van der Waals surface area contributed by atoms with Crippen LogP contribution in [0.5, 0.6) is 0 Å². The topological polar surface area (TPSA) is 49.6 Å². The maximum atomic E-state index is 12.8. The molecule has 3 aromatic rings. The molecule has 2 aromatic carbocycles. The molecule has 1 amide bonds. The number of anilines is 1. The van der Waals surface area contributed by atoms with Gasteiger partial charge in [0.05, 0.1) is 23.9 Å². The van der Waals surface area contributed by atoms with Gasteiger partial charge in [-0.05, 0) is 48.0 Å². The van der Waals surface area contributed by atoms with Crippen LogP contribution < -0.4 is 10.3 Å². The van der Waals surface area contributed by atoms with E-state index in [4.69, 9.17) is 0 Å². The summed E-state index contributed by atoms with van der Waals surface area (Å²) >= 11 is 0. The summed E-state index contributed by atoms with van der Waals surface area (Å²) in [6, 6.07) is 16.3. The van der Waals surface area contributed by atoms with Crippen molar-refractivity contribution in [3.8, 4) is 5.69 Å². The summed E-state index contributed by atoms with van der Waals surface area (Å²) in [7, 11) is 3.93. The summed E-state index contributed by atoms with van der Waals surface area (Å²) in [4.78, 5) is 14.0. The number of benzene rings is 2. The number of carbonyl (C=O) groups is 1. The molecule has 1 aromatic heterocycles. The molecule has 1 N–H and O–H groups in total. The fourth-order valence-electron chi connectivity index (χ4n) is 2.90. The zero-order valence-corrected chi connectivity index (χ0v) is 16.5. The maximum Gasteiger partial charge on any atom is 0.416 e. The quantitative estimate of drug-likeness (QED) is 0.484. The van der Waals surface area contributed by atoms with Crippen molar-refractivity contribution in [1.82, 2.24) is 9.99 Å². The van der Waals surface area contributed by atoms with Crippen LogP contribution in [-0.4, -0.2) is 30.8 Å². The van der Waals surface area contributed by atoms with Gasteiger partial charge < -0.3 is 9.47 Å². The molecule has 0 aliphatic heterocycles. The number of amides is 1. The number of nitrogens with one attached hydrogen (secondary N) is 1. The Morgan fingerprint density at radius 1 is 1.10 bits per heavy atom. The zero-order valence-electron chi connectivity index (χ0n) is 16.5. The van der Waals surface area contributed by atoms with Crippen LogP contribution in [0.2, 0.25) is 0 Å². The van der Waals surface area contributed by atoms with Crippen LogP contribution in [-0.2, 0) is 17.4 Å². The van der Waals surface area contributed by atoms with Crippen molar-refractivity contribution in [2.75, 3.05) is 19.0 Å². The third kappa shape index (κ3) is 5.28. The Labute approximate surface area is 172 Å². The first-order chi connectivity index (χ1) is 14.2. The number of hydrogen-bond acceptors (Lipinski definition) is 3. The summed E-state index contributed by atoms with van der Waals surface area (Å²) in [6.45, 7) is 0. The Balaban J connectivity index is 1.64. The first-order valence-corrected chi connectivity index (χ1v) is 9.17. The minimum atomic E-state index is -4.44. The van der Waals surface area contributed by atoms with Gasteiger partial charge in [0.25, 0.3) is 0 Å². The lowest BCUT2D eigenvalue weighted by molar-refractivity contribution is -0.137. The molecule has 0 bridgehead atoms. The second kappa shape index (κ2) is 8.86.